The molecule has 0 amide bonds. The van der Waals surface area contributed by atoms with E-state index >= 15 is 0 Å². The second-order valence-electron chi connectivity index (χ2n) is 6.65. The number of halogens is 1. The van der Waals surface area contributed by atoms with Gasteiger partial charge < -0.3 is 16.0 Å². The van der Waals surface area contributed by atoms with Crippen LogP contribution >= 0.6 is 24.0 Å². The smallest absolute Gasteiger partial charge is 0.225 e. The fourth-order valence-electron chi connectivity index (χ4n) is 3.08. The minimum absolute atomic E-state index is 0. The maximum absolute atomic E-state index is 6.06. The van der Waals surface area contributed by atoms with Crippen molar-refractivity contribution in [1.82, 2.24) is 9.97 Å². The second kappa shape index (κ2) is 9.70. The number of rotatable bonds is 4. The van der Waals surface area contributed by atoms with E-state index in [9.17, 15) is 0 Å². The van der Waals surface area contributed by atoms with E-state index in [1.165, 1.54) is 11.1 Å². The Labute approximate surface area is 172 Å². The first kappa shape index (κ1) is 20.4. The summed E-state index contributed by atoms with van der Waals surface area (Å²) in [6.07, 6.45) is 5.86. The Bertz CT molecular complexity index is 734. The van der Waals surface area contributed by atoms with E-state index in [1.807, 2.05) is 12.1 Å². The van der Waals surface area contributed by atoms with Gasteiger partial charge in [-0.15, -0.1) is 24.0 Å². The number of aryl methyl sites for hydroxylation is 2. The van der Waals surface area contributed by atoms with Crippen LogP contribution in [0.5, 0.6) is 0 Å². The molecule has 0 radical (unpaired) electrons. The molecule has 140 valence electrons. The third kappa shape index (κ3) is 5.55. The molecule has 0 spiro atoms. The second-order valence-corrected chi connectivity index (χ2v) is 6.65. The van der Waals surface area contributed by atoms with E-state index in [2.05, 4.69) is 51.2 Å². The number of anilines is 2. The van der Waals surface area contributed by atoms with Crippen LogP contribution in [0, 0.1) is 19.8 Å². The predicted molar refractivity (Wildman–Crippen MR) is 118 cm³/mol. The SMILES string of the molecule is Cc1ccc(NC(N)=NCC2CCCN(c3ncccn3)C2)cc1C.I. The molecule has 6 nitrogen and oxygen atoms in total. The Morgan fingerprint density at radius 3 is 2.77 bits per heavy atom. The van der Waals surface area contributed by atoms with Gasteiger partial charge in [0.2, 0.25) is 5.95 Å². The van der Waals surface area contributed by atoms with Crippen LogP contribution in [0.1, 0.15) is 24.0 Å². The lowest BCUT2D eigenvalue weighted by Crippen LogP contribution is -2.38. The number of hydrogen-bond donors (Lipinski definition) is 2. The van der Waals surface area contributed by atoms with Gasteiger partial charge in [-0.2, -0.15) is 0 Å². The molecule has 1 fully saturated rings. The van der Waals surface area contributed by atoms with Gasteiger partial charge in [-0.3, -0.25) is 4.99 Å². The van der Waals surface area contributed by atoms with Crippen LogP contribution in [0.2, 0.25) is 0 Å². The van der Waals surface area contributed by atoms with Gasteiger partial charge in [0, 0.05) is 37.7 Å². The molecule has 1 unspecified atom stereocenters. The van der Waals surface area contributed by atoms with Gasteiger partial charge in [0.25, 0.3) is 0 Å². The highest BCUT2D eigenvalue weighted by Crippen LogP contribution is 2.20. The molecule has 2 heterocycles. The normalized spacial score (nSPS) is 17.5. The maximum Gasteiger partial charge on any atom is 0.225 e. The molecule has 1 aromatic carbocycles. The minimum Gasteiger partial charge on any atom is -0.370 e. The van der Waals surface area contributed by atoms with Crippen LogP contribution < -0.4 is 16.0 Å². The summed E-state index contributed by atoms with van der Waals surface area (Å²) in [6.45, 7) is 6.83. The van der Waals surface area contributed by atoms with Crippen molar-refractivity contribution in [3.8, 4) is 0 Å². The quantitative estimate of drug-likeness (QED) is 0.411. The van der Waals surface area contributed by atoms with Crippen LogP contribution in [0.25, 0.3) is 0 Å². The third-order valence-corrected chi connectivity index (χ3v) is 4.65. The molecule has 26 heavy (non-hydrogen) atoms. The van der Waals surface area contributed by atoms with Crippen molar-refractivity contribution in [2.24, 2.45) is 16.6 Å². The molecule has 1 aromatic heterocycles. The van der Waals surface area contributed by atoms with Crippen molar-refractivity contribution in [3.63, 3.8) is 0 Å². The zero-order chi connectivity index (χ0) is 17.6. The summed E-state index contributed by atoms with van der Waals surface area (Å²) < 4.78 is 0. The van der Waals surface area contributed by atoms with E-state index in [0.717, 1.165) is 37.6 Å². The molecule has 3 rings (SSSR count). The van der Waals surface area contributed by atoms with Crippen LogP contribution in [0.4, 0.5) is 11.6 Å². The average Bonchev–Trinajstić information content (AvgIpc) is 2.64. The Balaban J connectivity index is 0.00000243. The number of piperidine rings is 1. The Hall–Kier alpha value is -1.90. The average molecular weight is 466 g/mol. The molecule has 1 aliphatic rings. The molecule has 1 aliphatic heterocycles. The maximum atomic E-state index is 6.06. The van der Waals surface area contributed by atoms with Gasteiger partial charge in [0.15, 0.2) is 5.96 Å². The summed E-state index contributed by atoms with van der Waals surface area (Å²) in [4.78, 5) is 15.5. The van der Waals surface area contributed by atoms with Gasteiger partial charge in [-0.05, 0) is 61.9 Å². The van der Waals surface area contributed by atoms with Crippen molar-refractivity contribution in [1.29, 1.82) is 0 Å². The predicted octanol–water partition coefficient (Wildman–Crippen LogP) is 3.35. The number of guanidine groups is 1. The van der Waals surface area contributed by atoms with Gasteiger partial charge in [0.1, 0.15) is 0 Å². The van der Waals surface area contributed by atoms with E-state index in [4.69, 9.17) is 5.73 Å². The zero-order valence-electron chi connectivity index (χ0n) is 15.4. The lowest BCUT2D eigenvalue weighted by molar-refractivity contribution is 0.420. The fourth-order valence-corrected chi connectivity index (χ4v) is 3.08. The zero-order valence-corrected chi connectivity index (χ0v) is 17.7. The Kier molecular flexibility index (Phi) is 7.62. The lowest BCUT2D eigenvalue weighted by Gasteiger charge is -2.31. The molecule has 1 atom stereocenters. The standard InChI is InChI=1S/C19H26N6.HI/c1-14-6-7-17(11-15(14)2)24-18(20)23-12-16-5-3-10-25(13-16)19-21-8-4-9-22-19;/h4,6-9,11,16H,3,5,10,12-13H2,1-2H3,(H3,20,23,24);1H. The number of benzene rings is 1. The van der Waals surface area contributed by atoms with Crippen LogP contribution in [-0.4, -0.2) is 35.6 Å². The molecule has 3 N–H and O–H groups in total. The molecule has 0 saturated carbocycles. The van der Waals surface area contributed by atoms with Gasteiger partial charge in [0.05, 0.1) is 0 Å². The van der Waals surface area contributed by atoms with E-state index in [1.54, 1.807) is 12.4 Å². The number of nitrogens with two attached hydrogens (primary N) is 1. The lowest BCUT2D eigenvalue weighted by atomic mass is 9.98. The minimum atomic E-state index is 0. The molecule has 7 heteroatoms. The number of nitrogens with one attached hydrogen (secondary N) is 1. The summed E-state index contributed by atoms with van der Waals surface area (Å²) >= 11 is 0. The van der Waals surface area contributed by atoms with Crippen LogP contribution in [0.15, 0.2) is 41.7 Å². The summed E-state index contributed by atoms with van der Waals surface area (Å²) in [6, 6.07) is 8.05. The summed E-state index contributed by atoms with van der Waals surface area (Å²) in [5.41, 5.74) is 9.55. The first-order valence-electron chi connectivity index (χ1n) is 8.78. The fraction of sp³-hybridized carbons (Fsp3) is 0.421. The first-order valence-corrected chi connectivity index (χ1v) is 8.78. The van der Waals surface area contributed by atoms with Crippen molar-refractivity contribution in [2.45, 2.75) is 26.7 Å². The Morgan fingerprint density at radius 2 is 2.04 bits per heavy atom. The highest BCUT2D eigenvalue weighted by molar-refractivity contribution is 14.0. The van der Waals surface area contributed by atoms with Crippen LogP contribution in [-0.2, 0) is 0 Å². The molecule has 0 aliphatic carbocycles. The molecule has 0 bridgehead atoms. The van der Waals surface area contributed by atoms with Gasteiger partial charge in [-0.25, -0.2) is 9.97 Å². The van der Waals surface area contributed by atoms with Gasteiger partial charge >= 0.3 is 0 Å². The molecular weight excluding hydrogens is 439 g/mol. The van der Waals surface area contributed by atoms with E-state index < -0.39 is 0 Å². The van der Waals surface area contributed by atoms with E-state index in [-0.39, 0.29) is 24.0 Å². The number of aliphatic imine (C=N–C) groups is 1. The van der Waals surface area contributed by atoms with Gasteiger partial charge in [-0.1, -0.05) is 6.07 Å². The first-order chi connectivity index (χ1) is 12.1. The molecular formula is C19H27IN6. The van der Waals surface area contributed by atoms with Crippen molar-refractivity contribution in [3.05, 3.63) is 47.8 Å². The molecule has 2 aromatic rings. The summed E-state index contributed by atoms with van der Waals surface area (Å²) in [7, 11) is 0. The highest BCUT2D eigenvalue weighted by atomic mass is 127. The van der Waals surface area contributed by atoms with Crippen molar-refractivity contribution in [2.75, 3.05) is 29.9 Å². The summed E-state index contributed by atoms with van der Waals surface area (Å²) in [5.74, 6) is 1.74. The van der Waals surface area contributed by atoms with Crippen molar-refractivity contribution >= 4 is 41.6 Å². The number of hydrogen-bond acceptors (Lipinski definition) is 4. The summed E-state index contributed by atoms with van der Waals surface area (Å²) in [5, 5.41) is 3.18. The van der Waals surface area contributed by atoms with E-state index in [0.29, 0.717) is 18.4 Å². The largest absolute Gasteiger partial charge is 0.370 e. The highest BCUT2D eigenvalue weighted by Gasteiger charge is 2.21. The topological polar surface area (TPSA) is 79.4 Å². The number of aromatic nitrogens is 2. The third-order valence-electron chi connectivity index (χ3n) is 4.65. The van der Waals surface area contributed by atoms with Crippen molar-refractivity contribution < 1.29 is 0 Å². The number of nitrogens with zero attached hydrogens (tertiary/aromatic N) is 4. The monoisotopic (exact) mass is 466 g/mol. The Morgan fingerprint density at radius 1 is 1.27 bits per heavy atom. The molecule has 1 saturated heterocycles. The van der Waals surface area contributed by atoms with Crippen LogP contribution in [0.3, 0.4) is 0 Å².